The number of pyridine rings is 2. The molecule has 0 aliphatic heterocycles. The SMILES string of the molecule is C=C(C)CC(C)(N)COc1cnc(-c2ccnc(OC(N)=O)c2C)cc1C(F)(F)F. The molecule has 2 rings (SSSR count). The Labute approximate surface area is 171 Å². The molecule has 0 radical (unpaired) electrons. The summed E-state index contributed by atoms with van der Waals surface area (Å²) in [6.07, 6.45) is -3.13. The fourth-order valence-corrected chi connectivity index (χ4v) is 2.90. The molecule has 0 spiro atoms. The molecule has 4 N–H and O–H groups in total. The standard InChI is InChI=1S/C20H23F3N4O3/c1-11(2)8-19(4,25)10-29-16-9-27-15(7-14(16)20(21,22)23)13-5-6-26-17(12(13)3)30-18(24)28/h5-7,9H,1,8,10,25H2,2-4H3,(H2,24,28). The first-order valence-electron chi connectivity index (χ1n) is 8.87. The van der Waals surface area contributed by atoms with E-state index in [0.29, 0.717) is 17.5 Å². The number of alkyl halides is 3. The van der Waals surface area contributed by atoms with Gasteiger partial charge in [-0.2, -0.15) is 13.2 Å². The van der Waals surface area contributed by atoms with Crippen molar-refractivity contribution in [3.63, 3.8) is 0 Å². The fraction of sp³-hybridized carbons (Fsp3) is 0.350. The number of aromatic nitrogens is 2. The highest BCUT2D eigenvalue weighted by Crippen LogP contribution is 2.39. The molecule has 2 aromatic rings. The minimum atomic E-state index is -4.69. The number of nitrogens with two attached hydrogens (primary N) is 2. The van der Waals surface area contributed by atoms with Gasteiger partial charge in [0.25, 0.3) is 0 Å². The first-order valence-corrected chi connectivity index (χ1v) is 8.87. The summed E-state index contributed by atoms with van der Waals surface area (Å²) in [5, 5.41) is 0. The predicted octanol–water partition coefficient (Wildman–Crippen LogP) is 3.99. The Hall–Kier alpha value is -3.14. The van der Waals surface area contributed by atoms with Gasteiger partial charge in [-0.15, -0.1) is 6.58 Å². The Kier molecular flexibility index (Phi) is 6.71. The lowest BCUT2D eigenvalue weighted by atomic mass is 9.96. The molecule has 2 heterocycles. The number of nitrogens with zero attached hydrogens (tertiary/aromatic N) is 2. The van der Waals surface area contributed by atoms with Gasteiger partial charge in [0, 0.05) is 17.3 Å². The number of carbonyl (C=O) groups is 1. The van der Waals surface area contributed by atoms with Crippen molar-refractivity contribution in [3.05, 3.63) is 47.8 Å². The Morgan fingerprint density at radius 1 is 1.30 bits per heavy atom. The molecule has 0 fully saturated rings. The highest BCUT2D eigenvalue weighted by atomic mass is 19.4. The van der Waals surface area contributed by atoms with Gasteiger partial charge < -0.3 is 20.9 Å². The van der Waals surface area contributed by atoms with Crippen LogP contribution in [0.1, 0.15) is 31.4 Å². The lowest BCUT2D eigenvalue weighted by Crippen LogP contribution is -2.42. The van der Waals surface area contributed by atoms with Crippen LogP contribution < -0.4 is 20.9 Å². The van der Waals surface area contributed by atoms with Crippen molar-refractivity contribution >= 4 is 6.09 Å². The molecule has 0 saturated carbocycles. The first kappa shape index (κ1) is 23.1. The molecule has 162 valence electrons. The highest BCUT2D eigenvalue weighted by Gasteiger charge is 2.36. The maximum absolute atomic E-state index is 13.7. The van der Waals surface area contributed by atoms with Gasteiger partial charge in [-0.25, -0.2) is 9.78 Å². The topological polar surface area (TPSA) is 113 Å². The minimum absolute atomic E-state index is 0.00124. The molecule has 0 aliphatic carbocycles. The molecule has 2 aromatic heterocycles. The third-order valence-corrected chi connectivity index (χ3v) is 4.07. The zero-order chi connectivity index (χ0) is 22.7. The molecule has 0 aliphatic rings. The van der Waals surface area contributed by atoms with Crippen LogP contribution in [-0.4, -0.2) is 28.2 Å². The molecule has 0 saturated heterocycles. The normalized spacial score (nSPS) is 13.4. The number of hydrogen-bond acceptors (Lipinski definition) is 6. The number of amides is 1. The molecule has 1 unspecified atom stereocenters. The third kappa shape index (κ3) is 5.93. The monoisotopic (exact) mass is 424 g/mol. The minimum Gasteiger partial charge on any atom is -0.489 e. The molecule has 0 bridgehead atoms. The van der Waals surface area contributed by atoms with E-state index in [-0.39, 0.29) is 18.2 Å². The van der Waals surface area contributed by atoms with Crippen molar-refractivity contribution in [3.8, 4) is 22.9 Å². The number of primary amides is 1. The van der Waals surface area contributed by atoms with Gasteiger partial charge in [-0.05, 0) is 39.3 Å². The van der Waals surface area contributed by atoms with Crippen LogP contribution >= 0.6 is 0 Å². The molecule has 1 atom stereocenters. The van der Waals surface area contributed by atoms with Gasteiger partial charge in [-0.3, -0.25) is 4.98 Å². The van der Waals surface area contributed by atoms with Gasteiger partial charge >= 0.3 is 12.3 Å². The summed E-state index contributed by atoms with van der Waals surface area (Å²) < 4.78 is 51.2. The van der Waals surface area contributed by atoms with Crippen molar-refractivity contribution < 1.29 is 27.4 Å². The maximum Gasteiger partial charge on any atom is 0.420 e. The van der Waals surface area contributed by atoms with Crippen LogP contribution in [0, 0.1) is 6.92 Å². The van der Waals surface area contributed by atoms with Gasteiger partial charge in [0.05, 0.1) is 17.4 Å². The second-order valence-electron chi connectivity index (χ2n) is 7.35. The summed E-state index contributed by atoms with van der Waals surface area (Å²) in [5.74, 6) is -0.556. The molecule has 1 amide bonds. The quantitative estimate of drug-likeness (QED) is 0.650. The van der Waals surface area contributed by atoms with Gasteiger partial charge in [0.2, 0.25) is 5.88 Å². The summed E-state index contributed by atoms with van der Waals surface area (Å²) in [7, 11) is 0. The van der Waals surface area contributed by atoms with Crippen molar-refractivity contribution in [1.29, 1.82) is 0 Å². The number of hydrogen-bond donors (Lipinski definition) is 2. The molecule has 30 heavy (non-hydrogen) atoms. The Morgan fingerprint density at radius 2 is 1.97 bits per heavy atom. The van der Waals surface area contributed by atoms with E-state index >= 15 is 0 Å². The number of rotatable bonds is 7. The van der Waals surface area contributed by atoms with E-state index in [0.717, 1.165) is 17.8 Å². The van der Waals surface area contributed by atoms with Crippen molar-refractivity contribution in [2.24, 2.45) is 11.5 Å². The number of carbonyl (C=O) groups excluding carboxylic acids is 1. The Balaban J connectivity index is 2.43. The summed E-state index contributed by atoms with van der Waals surface area (Å²) in [4.78, 5) is 18.9. The average Bonchev–Trinajstić information content (AvgIpc) is 2.59. The second-order valence-corrected chi connectivity index (χ2v) is 7.35. The van der Waals surface area contributed by atoms with Crippen LogP contribution in [0.4, 0.5) is 18.0 Å². The van der Waals surface area contributed by atoms with Gasteiger partial charge in [-0.1, -0.05) is 5.57 Å². The van der Waals surface area contributed by atoms with Crippen molar-refractivity contribution in [1.82, 2.24) is 9.97 Å². The second kappa shape index (κ2) is 8.70. The van der Waals surface area contributed by atoms with Crippen LogP contribution in [0.3, 0.4) is 0 Å². The predicted molar refractivity (Wildman–Crippen MR) is 105 cm³/mol. The van der Waals surface area contributed by atoms with Crippen LogP contribution in [-0.2, 0) is 6.18 Å². The maximum atomic E-state index is 13.7. The van der Waals surface area contributed by atoms with Gasteiger partial charge in [0.1, 0.15) is 17.9 Å². The van der Waals surface area contributed by atoms with Crippen LogP contribution in [0.15, 0.2) is 36.7 Å². The fourth-order valence-electron chi connectivity index (χ4n) is 2.90. The van der Waals surface area contributed by atoms with E-state index in [9.17, 15) is 18.0 Å². The number of ether oxygens (including phenoxy) is 2. The lowest BCUT2D eigenvalue weighted by Gasteiger charge is -2.26. The summed E-state index contributed by atoms with van der Waals surface area (Å²) in [6, 6.07) is 2.31. The Bertz CT molecular complexity index is 959. The largest absolute Gasteiger partial charge is 0.489 e. The van der Waals surface area contributed by atoms with Crippen LogP contribution in [0.5, 0.6) is 11.6 Å². The summed E-state index contributed by atoms with van der Waals surface area (Å²) in [5.41, 5.74) is 10.6. The summed E-state index contributed by atoms with van der Waals surface area (Å²) >= 11 is 0. The van der Waals surface area contributed by atoms with Crippen molar-refractivity contribution in [2.45, 2.75) is 38.9 Å². The van der Waals surface area contributed by atoms with E-state index in [1.807, 2.05) is 0 Å². The average molecular weight is 424 g/mol. The lowest BCUT2D eigenvalue weighted by molar-refractivity contribution is -0.139. The molecular weight excluding hydrogens is 401 g/mol. The Morgan fingerprint density at radius 3 is 2.53 bits per heavy atom. The van der Waals surface area contributed by atoms with E-state index in [1.54, 1.807) is 13.8 Å². The summed E-state index contributed by atoms with van der Waals surface area (Å²) in [6.45, 7) is 8.56. The van der Waals surface area contributed by atoms with E-state index in [4.69, 9.17) is 20.9 Å². The molecular formula is C20H23F3N4O3. The molecule has 10 heteroatoms. The van der Waals surface area contributed by atoms with Crippen molar-refractivity contribution in [2.75, 3.05) is 6.61 Å². The zero-order valence-corrected chi connectivity index (χ0v) is 16.8. The molecule has 0 aromatic carbocycles. The van der Waals surface area contributed by atoms with Crippen LogP contribution in [0.2, 0.25) is 0 Å². The van der Waals surface area contributed by atoms with E-state index in [1.165, 1.54) is 19.2 Å². The molecule has 7 nitrogen and oxygen atoms in total. The highest BCUT2D eigenvalue weighted by molar-refractivity contribution is 5.71. The van der Waals surface area contributed by atoms with Crippen LogP contribution in [0.25, 0.3) is 11.3 Å². The van der Waals surface area contributed by atoms with E-state index < -0.39 is 29.1 Å². The van der Waals surface area contributed by atoms with E-state index in [2.05, 4.69) is 16.5 Å². The number of halogens is 3. The smallest absolute Gasteiger partial charge is 0.420 e. The third-order valence-electron chi connectivity index (χ3n) is 4.07. The first-order chi connectivity index (χ1) is 13.8. The van der Waals surface area contributed by atoms with Gasteiger partial charge in [0.15, 0.2) is 0 Å². The zero-order valence-electron chi connectivity index (χ0n) is 16.8.